The number of esters is 1. The minimum absolute atomic E-state index is 0.0488. The van der Waals surface area contributed by atoms with Crippen LogP contribution in [0.2, 0.25) is 0 Å². The van der Waals surface area contributed by atoms with Gasteiger partial charge in [0.1, 0.15) is 0 Å². The fourth-order valence-electron chi connectivity index (χ4n) is 3.58. The summed E-state index contributed by atoms with van der Waals surface area (Å²) in [6.07, 6.45) is 2.53. The fraction of sp³-hybridized carbons (Fsp3) is 0.381. The number of carbonyl (C=O) groups is 2. The Labute approximate surface area is 181 Å². The first-order valence-electron chi connectivity index (χ1n) is 9.96. The average molecular weight is 448 g/mol. The highest BCUT2D eigenvalue weighted by atomic mass is 32.2. The van der Waals surface area contributed by atoms with Gasteiger partial charge >= 0.3 is 11.9 Å². The molecule has 0 saturated carbocycles. The number of carboxylic acids is 1. The average Bonchev–Trinajstić information content (AvgIpc) is 2.74. The van der Waals surface area contributed by atoms with E-state index in [-0.39, 0.29) is 40.5 Å². The maximum atomic E-state index is 13.0. The van der Waals surface area contributed by atoms with Crippen LogP contribution in [0.15, 0.2) is 41.4 Å². The lowest BCUT2D eigenvalue weighted by Crippen LogP contribution is -2.40. The molecule has 1 fully saturated rings. The molecule has 1 saturated heterocycles. The summed E-state index contributed by atoms with van der Waals surface area (Å²) >= 11 is 0. The molecule has 0 aliphatic carbocycles. The molecule has 31 heavy (non-hydrogen) atoms. The summed E-state index contributed by atoms with van der Waals surface area (Å²) in [6, 6.07) is 7.74. The highest BCUT2D eigenvalue weighted by molar-refractivity contribution is 7.92. The Morgan fingerprint density at radius 2 is 2.06 bits per heavy atom. The van der Waals surface area contributed by atoms with Crippen LogP contribution in [0, 0.1) is 12.8 Å². The molecule has 1 aromatic carbocycles. The third-order valence-corrected chi connectivity index (χ3v) is 6.61. The first-order valence-corrected chi connectivity index (χ1v) is 11.4. The molecule has 0 bridgehead atoms. The van der Waals surface area contributed by atoms with E-state index in [4.69, 9.17) is 4.74 Å². The molecule has 0 spiro atoms. The summed E-state index contributed by atoms with van der Waals surface area (Å²) in [4.78, 5) is 29.7. The second kappa shape index (κ2) is 9.34. The van der Waals surface area contributed by atoms with E-state index in [0.717, 1.165) is 0 Å². The first-order chi connectivity index (χ1) is 14.7. The van der Waals surface area contributed by atoms with Gasteiger partial charge in [-0.1, -0.05) is 18.2 Å². The van der Waals surface area contributed by atoms with Crippen LogP contribution in [-0.2, 0) is 19.6 Å². The number of piperidine rings is 1. The molecule has 1 unspecified atom stereocenters. The van der Waals surface area contributed by atoms with Crippen molar-refractivity contribution in [3.63, 3.8) is 0 Å². The number of carboxylic acid groups (broad SMARTS) is 1. The zero-order valence-electron chi connectivity index (χ0n) is 17.4. The zero-order valence-corrected chi connectivity index (χ0v) is 18.2. The van der Waals surface area contributed by atoms with Crippen molar-refractivity contribution in [2.24, 2.45) is 5.92 Å². The van der Waals surface area contributed by atoms with Gasteiger partial charge in [-0.3, -0.25) is 9.52 Å². The van der Waals surface area contributed by atoms with Gasteiger partial charge in [0, 0.05) is 19.3 Å². The lowest BCUT2D eigenvalue weighted by Gasteiger charge is -2.33. The number of aryl methyl sites for hydroxylation is 1. The van der Waals surface area contributed by atoms with Crippen molar-refractivity contribution in [1.82, 2.24) is 4.98 Å². The Kier molecular flexibility index (Phi) is 6.79. The van der Waals surface area contributed by atoms with Gasteiger partial charge in [-0.05, 0) is 44.4 Å². The summed E-state index contributed by atoms with van der Waals surface area (Å²) in [5.41, 5.74) is 0.456. The number of sulfonamides is 1. The summed E-state index contributed by atoms with van der Waals surface area (Å²) in [6.45, 7) is 4.55. The van der Waals surface area contributed by atoms with Crippen LogP contribution in [0.3, 0.4) is 0 Å². The standard InChI is InChI=1S/C21H25N3O6S/c1-3-30-21(27)15-8-6-10-24(13-15)19-17(11-16(12-22-19)20(25)26)23-31(28,29)18-9-5-4-7-14(18)2/h4-5,7,9,11-12,15,23H,3,6,8,10,13H2,1-2H3,(H,25,26). The molecule has 166 valence electrons. The topological polar surface area (TPSA) is 126 Å². The van der Waals surface area contributed by atoms with E-state index in [1.54, 1.807) is 36.9 Å². The lowest BCUT2D eigenvalue weighted by atomic mass is 9.98. The maximum Gasteiger partial charge on any atom is 0.337 e. The number of pyridine rings is 1. The van der Waals surface area contributed by atoms with Crippen molar-refractivity contribution >= 4 is 33.5 Å². The van der Waals surface area contributed by atoms with Crippen molar-refractivity contribution in [2.75, 3.05) is 29.3 Å². The highest BCUT2D eigenvalue weighted by Crippen LogP contribution is 2.31. The molecule has 2 N–H and O–H groups in total. The molecule has 3 rings (SSSR count). The summed E-state index contributed by atoms with van der Waals surface area (Å²) in [5.74, 6) is -1.62. The molecule has 10 heteroatoms. The minimum Gasteiger partial charge on any atom is -0.478 e. The molecule has 1 atom stereocenters. The van der Waals surface area contributed by atoms with Crippen LogP contribution < -0.4 is 9.62 Å². The number of benzene rings is 1. The van der Waals surface area contributed by atoms with Crippen molar-refractivity contribution in [1.29, 1.82) is 0 Å². The maximum absolute atomic E-state index is 13.0. The SMILES string of the molecule is CCOC(=O)C1CCCN(c2ncc(C(=O)O)cc2NS(=O)(=O)c2ccccc2C)C1. The summed E-state index contributed by atoms with van der Waals surface area (Å²) in [5, 5.41) is 9.35. The predicted molar refractivity (Wildman–Crippen MR) is 115 cm³/mol. The number of anilines is 2. The van der Waals surface area contributed by atoms with E-state index < -0.39 is 16.0 Å². The molecule has 9 nitrogen and oxygen atoms in total. The van der Waals surface area contributed by atoms with Gasteiger partial charge in [0.05, 0.1) is 28.7 Å². The quantitative estimate of drug-likeness (QED) is 0.621. The number of ether oxygens (including phenoxy) is 1. The minimum atomic E-state index is -3.99. The third kappa shape index (κ3) is 5.13. The second-order valence-electron chi connectivity index (χ2n) is 7.31. The molecule has 2 heterocycles. The monoisotopic (exact) mass is 447 g/mol. The van der Waals surface area contributed by atoms with Crippen LogP contribution >= 0.6 is 0 Å². The van der Waals surface area contributed by atoms with Crippen molar-refractivity contribution < 1.29 is 27.9 Å². The van der Waals surface area contributed by atoms with Gasteiger partial charge in [0.2, 0.25) is 0 Å². The molecular weight excluding hydrogens is 422 g/mol. The van der Waals surface area contributed by atoms with E-state index >= 15 is 0 Å². The van der Waals surface area contributed by atoms with Crippen molar-refractivity contribution in [3.05, 3.63) is 47.7 Å². The number of rotatable bonds is 7. The molecule has 2 aromatic rings. The van der Waals surface area contributed by atoms with Gasteiger partial charge in [0.15, 0.2) is 5.82 Å². The number of aromatic nitrogens is 1. The largest absolute Gasteiger partial charge is 0.478 e. The van der Waals surface area contributed by atoms with Gasteiger partial charge < -0.3 is 14.7 Å². The summed E-state index contributed by atoms with van der Waals surface area (Å²) in [7, 11) is -3.99. The van der Waals surface area contributed by atoms with E-state index in [2.05, 4.69) is 9.71 Å². The smallest absolute Gasteiger partial charge is 0.337 e. The number of nitrogens with zero attached hydrogens (tertiary/aromatic N) is 2. The Hall–Kier alpha value is -3.14. The molecule has 0 amide bonds. The zero-order chi connectivity index (χ0) is 22.6. The number of aromatic carboxylic acids is 1. The van der Waals surface area contributed by atoms with Crippen molar-refractivity contribution in [2.45, 2.75) is 31.6 Å². The van der Waals surface area contributed by atoms with Gasteiger partial charge in [0.25, 0.3) is 10.0 Å². The summed E-state index contributed by atoms with van der Waals surface area (Å²) < 4.78 is 33.7. The van der Waals surface area contributed by atoms with Crippen LogP contribution in [0.4, 0.5) is 11.5 Å². The normalized spacial score (nSPS) is 16.6. The van der Waals surface area contributed by atoms with Crippen LogP contribution in [-0.4, -0.2) is 50.1 Å². The van der Waals surface area contributed by atoms with Gasteiger partial charge in [-0.2, -0.15) is 0 Å². The third-order valence-electron chi connectivity index (χ3n) is 5.08. The Bertz CT molecular complexity index is 1090. The number of nitrogens with one attached hydrogen (secondary N) is 1. The fourth-order valence-corrected chi connectivity index (χ4v) is 4.88. The van der Waals surface area contributed by atoms with E-state index in [0.29, 0.717) is 31.5 Å². The predicted octanol–water partition coefficient (Wildman–Crippen LogP) is 2.67. The van der Waals surface area contributed by atoms with Crippen LogP contribution in [0.1, 0.15) is 35.7 Å². The van der Waals surface area contributed by atoms with Crippen LogP contribution in [0.25, 0.3) is 0 Å². The number of carbonyl (C=O) groups excluding carboxylic acids is 1. The first kappa shape index (κ1) is 22.5. The molecule has 1 aliphatic rings. The Morgan fingerprint density at radius 3 is 2.74 bits per heavy atom. The number of hydrogen-bond donors (Lipinski definition) is 2. The molecule has 1 aromatic heterocycles. The lowest BCUT2D eigenvalue weighted by molar-refractivity contribution is -0.148. The van der Waals surface area contributed by atoms with E-state index in [9.17, 15) is 23.1 Å². The van der Waals surface area contributed by atoms with Gasteiger partial charge in [-0.25, -0.2) is 18.2 Å². The molecule has 1 aliphatic heterocycles. The highest BCUT2D eigenvalue weighted by Gasteiger charge is 2.30. The van der Waals surface area contributed by atoms with Crippen LogP contribution in [0.5, 0.6) is 0 Å². The Morgan fingerprint density at radius 1 is 1.32 bits per heavy atom. The van der Waals surface area contributed by atoms with Crippen molar-refractivity contribution in [3.8, 4) is 0 Å². The molecular formula is C21H25N3O6S. The van der Waals surface area contributed by atoms with Gasteiger partial charge in [-0.15, -0.1) is 0 Å². The van der Waals surface area contributed by atoms with E-state index in [1.165, 1.54) is 18.3 Å². The second-order valence-corrected chi connectivity index (χ2v) is 8.96. The Balaban J connectivity index is 1.97. The van der Waals surface area contributed by atoms with E-state index in [1.807, 2.05) is 0 Å². The number of hydrogen-bond acceptors (Lipinski definition) is 7. The molecule has 0 radical (unpaired) electrons.